The Balaban J connectivity index is 1.20. The van der Waals surface area contributed by atoms with Crippen LogP contribution in [0.2, 0.25) is 0 Å². The quantitative estimate of drug-likeness (QED) is 0.131. The molecule has 1 aliphatic rings. The van der Waals surface area contributed by atoms with Gasteiger partial charge in [0.1, 0.15) is 0 Å². The molecule has 0 atom stereocenters. The molecule has 0 fully saturated rings. The molecule has 0 unspecified atom stereocenters. The second-order valence-corrected chi connectivity index (χ2v) is 16.0. The molecule has 1 heterocycles. The van der Waals surface area contributed by atoms with Crippen molar-refractivity contribution in [3.63, 3.8) is 0 Å². The number of benzene rings is 8. The monoisotopic (exact) mass is 691 g/mol. The van der Waals surface area contributed by atoms with Crippen LogP contribution < -0.4 is 4.90 Å². The molecule has 0 aliphatic heterocycles. The molecule has 0 amide bonds. The van der Waals surface area contributed by atoms with E-state index >= 15 is 0 Å². The van der Waals surface area contributed by atoms with Gasteiger partial charge in [-0.3, -0.25) is 0 Å². The van der Waals surface area contributed by atoms with Crippen molar-refractivity contribution in [2.45, 2.75) is 19.3 Å². The fourth-order valence-corrected chi connectivity index (χ4v) is 10.8. The van der Waals surface area contributed by atoms with E-state index in [1.54, 1.807) is 0 Å². The first-order chi connectivity index (χ1) is 24.0. The van der Waals surface area contributed by atoms with E-state index in [0.717, 1.165) is 5.69 Å². The Morgan fingerprint density at radius 2 is 1.08 bits per heavy atom. The van der Waals surface area contributed by atoms with Crippen LogP contribution in [0.4, 0.5) is 17.1 Å². The predicted octanol–water partition coefficient (Wildman–Crippen LogP) is 12.8. The number of nitrogens with zero attached hydrogens (tertiary/aromatic N) is 1. The maximum atomic E-state index is 2.45. The second kappa shape index (κ2) is 10.8. The Kier molecular flexibility index (Phi) is 6.31. The van der Waals surface area contributed by atoms with E-state index in [1.807, 2.05) is 0 Å². The van der Waals surface area contributed by atoms with Crippen LogP contribution in [0.15, 0.2) is 164 Å². The Morgan fingerprint density at radius 3 is 1.96 bits per heavy atom. The summed E-state index contributed by atoms with van der Waals surface area (Å²) in [5, 5.41) is 8.11. The first-order valence-electron chi connectivity index (χ1n) is 17.0. The first kappa shape index (κ1) is 28.6. The Hall–Kier alpha value is -5.40. The third kappa shape index (κ3) is 4.38. The predicted molar refractivity (Wildman–Crippen MR) is 211 cm³/mol. The summed E-state index contributed by atoms with van der Waals surface area (Å²) < 4.78 is 2.98. The minimum atomic E-state index is -0.0813. The molecule has 1 aliphatic carbocycles. The van der Waals surface area contributed by atoms with Crippen molar-refractivity contribution >= 4 is 72.4 Å². The molecule has 9 aromatic rings. The van der Waals surface area contributed by atoms with Crippen molar-refractivity contribution in [3.8, 4) is 22.3 Å². The molecular weight excluding hydrogens is 657 g/mol. The molecule has 0 bridgehead atoms. The average molecular weight is 691 g/mol. The molecule has 1 aromatic heterocycles. The molecule has 49 heavy (non-hydrogen) atoms. The van der Waals surface area contributed by atoms with Crippen molar-refractivity contribution in [2.24, 2.45) is 0 Å². The summed E-state index contributed by atoms with van der Waals surface area (Å²) in [6.07, 6.45) is 0. The molecule has 232 valence electrons. The summed E-state index contributed by atoms with van der Waals surface area (Å²) in [4.78, 5) is 2.45. The van der Waals surface area contributed by atoms with Gasteiger partial charge < -0.3 is 0 Å². The van der Waals surface area contributed by atoms with Crippen LogP contribution in [0, 0.1) is 0 Å². The number of hydrogen-bond acceptors (Lipinski definition) is 1. The van der Waals surface area contributed by atoms with Crippen molar-refractivity contribution in [3.05, 3.63) is 175 Å². The van der Waals surface area contributed by atoms with Gasteiger partial charge in [0, 0.05) is 0 Å². The van der Waals surface area contributed by atoms with Gasteiger partial charge >= 0.3 is 263 Å². The first-order valence-corrected chi connectivity index (χ1v) is 18.7. The van der Waals surface area contributed by atoms with Crippen molar-refractivity contribution in [2.75, 3.05) is 4.90 Å². The fraction of sp³-hybridized carbons (Fsp3) is 0.0638. The molecule has 2 heteroatoms. The maximum absolute atomic E-state index is 2.45. The normalized spacial score (nSPS) is 13.3. The van der Waals surface area contributed by atoms with Crippen LogP contribution in [0.5, 0.6) is 0 Å². The molecular formula is C47H33NSe. The van der Waals surface area contributed by atoms with Gasteiger partial charge in [0.15, 0.2) is 0 Å². The molecule has 0 saturated heterocycles. The van der Waals surface area contributed by atoms with Gasteiger partial charge in [-0.05, 0) is 0 Å². The zero-order chi connectivity index (χ0) is 32.7. The summed E-state index contributed by atoms with van der Waals surface area (Å²) >= 11 is 0.267. The standard InChI is InChI=1S/C47H33NSe/c1-47(2)42-14-8-6-12-37(42)38-27-25-36(29-43(38)47)48(34-22-18-31(19-23-34)30-10-4-3-5-11-30)35-24-20-32-16-17-33-21-26-40-39-13-7-9-15-44(39)49-46(40)45(33)41(32)28-35/h3-29H,1-2H3. The van der Waals surface area contributed by atoms with Gasteiger partial charge in [-0.2, -0.15) is 0 Å². The summed E-state index contributed by atoms with van der Waals surface area (Å²) in [5.41, 5.74) is 11.3. The van der Waals surface area contributed by atoms with Crippen LogP contribution in [-0.2, 0) is 5.41 Å². The summed E-state index contributed by atoms with van der Waals surface area (Å²) in [7, 11) is 0. The molecule has 0 radical (unpaired) electrons. The van der Waals surface area contributed by atoms with E-state index in [9.17, 15) is 0 Å². The van der Waals surface area contributed by atoms with Crippen molar-refractivity contribution in [1.29, 1.82) is 0 Å². The van der Waals surface area contributed by atoms with Gasteiger partial charge in [-0.1, -0.05) is 30.3 Å². The molecule has 0 N–H and O–H groups in total. The Labute approximate surface area is 292 Å². The number of fused-ring (bicyclic) bond motifs is 10. The fourth-order valence-electron chi connectivity index (χ4n) is 8.16. The van der Waals surface area contributed by atoms with Crippen molar-refractivity contribution in [1.82, 2.24) is 0 Å². The van der Waals surface area contributed by atoms with E-state index in [-0.39, 0.29) is 19.9 Å². The van der Waals surface area contributed by atoms with E-state index < -0.39 is 0 Å². The average Bonchev–Trinajstić information content (AvgIpc) is 3.64. The summed E-state index contributed by atoms with van der Waals surface area (Å²) in [5.74, 6) is 0. The van der Waals surface area contributed by atoms with Crippen LogP contribution in [0.1, 0.15) is 25.0 Å². The number of hydrogen-bond donors (Lipinski definition) is 0. The minimum absolute atomic E-state index is 0.0813. The van der Waals surface area contributed by atoms with E-state index in [4.69, 9.17) is 0 Å². The molecule has 8 aromatic carbocycles. The van der Waals surface area contributed by atoms with Gasteiger partial charge in [0.25, 0.3) is 0 Å². The van der Waals surface area contributed by atoms with Crippen LogP contribution in [0.25, 0.3) is 63.1 Å². The van der Waals surface area contributed by atoms with Crippen LogP contribution in [0.3, 0.4) is 0 Å². The van der Waals surface area contributed by atoms with Crippen LogP contribution in [-0.4, -0.2) is 14.5 Å². The topological polar surface area (TPSA) is 3.24 Å². The third-order valence-electron chi connectivity index (χ3n) is 10.6. The SMILES string of the molecule is CC1(C)c2ccccc2-c2ccc(N(c3ccc(-c4ccccc4)cc3)c3ccc4ccc5ccc6c7ccccc7[se]c6c5c4c3)cc21. The molecule has 0 saturated carbocycles. The third-order valence-corrected chi connectivity index (χ3v) is 13.2. The molecule has 0 spiro atoms. The number of rotatable bonds is 4. The summed E-state index contributed by atoms with van der Waals surface area (Å²) in [6.45, 7) is 4.73. The molecule has 1 nitrogen and oxygen atoms in total. The van der Waals surface area contributed by atoms with Crippen LogP contribution >= 0.6 is 0 Å². The van der Waals surface area contributed by atoms with Gasteiger partial charge in [-0.15, -0.1) is 0 Å². The van der Waals surface area contributed by atoms with Gasteiger partial charge in [0.2, 0.25) is 0 Å². The summed E-state index contributed by atoms with van der Waals surface area (Å²) in [6, 6.07) is 61.0. The number of anilines is 3. The van der Waals surface area contributed by atoms with Gasteiger partial charge in [-0.25, -0.2) is 0 Å². The second-order valence-electron chi connectivity index (χ2n) is 13.8. The Bertz CT molecular complexity index is 2730. The van der Waals surface area contributed by atoms with E-state index in [1.165, 1.54) is 85.6 Å². The van der Waals surface area contributed by atoms with E-state index in [0.29, 0.717) is 0 Å². The van der Waals surface area contributed by atoms with Crippen molar-refractivity contribution < 1.29 is 0 Å². The van der Waals surface area contributed by atoms with E-state index in [2.05, 4.69) is 183 Å². The Morgan fingerprint density at radius 1 is 0.449 bits per heavy atom. The zero-order valence-corrected chi connectivity index (χ0v) is 29.2. The molecule has 10 rings (SSSR count). The zero-order valence-electron chi connectivity index (χ0n) is 27.4. The van der Waals surface area contributed by atoms with Gasteiger partial charge in [0.05, 0.1) is 0 Å².